The van der Waals surface area contributed by atoms with Gasteiger partial charge in [0.1, 0.15) is 0 Å². The fourth-order valence-corrected chi connectivity index (χ4v) is 0. The van der Waals surface area contributed by atoms with Gasteiger partial charge >= 0.3 is 0 Å². The Morgan fingerprint density at radius 3 is 0.375 bits per heavy atom. The first kappa shape index (κ1) is 214. The van der Waals surface area contributed by atoms with E-state index < -0.39 is 0 Å². The van der Waals surface area contributed by atoms with Gasteiger partial charge in [-0.05, 0) is 0 Å². The largest absolute Gasteiger partial charge is 0.412 e. The Labute approximate surface area is 89.7 Å². The van der Waals surface area contributed by atoms with Crippen LogP contribution in [0.15, 0.2) is 0 Å². The SMILES string of the molecule is O.O.O.O.[Fe].[Fe].[Fe].[Mn]. The molecule has 0 aliphatic heterocycles. The molecule has 8 N–H and O–H groups in total. The van der Waals surface area contributed by atoms with E-state index in [-0.39, 0.29) is 90.2 Å². The molecule has 4 nitrogen and oxygen atoms in total. The number of rotatable bonds is 0. The van der Waals surface area contributed by atoms with Crippen molar-refractivity contribution in [1.29, 1.82) is 0 Å². The monoisotopic (exact) mass is 295 g/mol. The van der Waals surface area contributed by atoms with E-state index in [0.717, 1.165) is 0 Å². The second-order valence-electron chi connectivity index (χ2n) is 0. The van der Waals surface area contributed by atoms with Crippen LogP contribution in [0.5, 0.6) is 0 Å². The van der Waals surface area contributed by atoms with Crippen LogP contribution in [0.4, 0.5) is 0 Å². The van der Waals surface area contributed by atoms with Gasteiger partial charge in [-0.1, -0.05) is 0 Å². The topological polar surface area (TPSA) is 126 Å². The molecule has 0 amide bonds. The van der Waals surface area contributed by atoms with Crippen LogP contribution in [-0.2, 0) is 68.3 Å². The van der Waals surface area contributed by atoms with Crippen LogP contribution in [0.1, 0.15) is 0 Å². The van der Waals surface area contributed by atoms with Crippen LogP contribution < -0.4 is 0 Å². The van der Waals surface area contributed by atoms with Gasteiger partial charge in [-0.15, -0.1) is 0 Å². The molecular formula is H8Fe3MnO4. The van der Waals surface area contributed by atoms with Crippen LogP contribution in [0.3, 0.4) is 0 Å². The number of hydrogen-bond donors (Lipinski definition) is 0. The minimum atomic E-state index is 0. The molecule has 8 heteroatoms. The van der Waals surface area contributed by atoms with Gasteiger partial charge in [-0.2, -0.15) is 0 Å². The molecule has 0 aliphatic carbocycles. The summed E-state index contributed by atoms with van der Waals surface area (Å²) < 4.78 is 0. The second kappa shape index (κ2) is 152. The van der Waals surface area contributed by atoms with Crippen LogP contribution in [0.2, 0.25) is 0 Å². The molecule has 0 saturated heterocycles. The molecule has 0 heterocycles. The first-order valence-corrected chi connectivity index (χ1v) is 0. The Morgan fingerprint density at radius 2 is 0.375 bits per heavy atom. The molecule has 0 saturated carbocycles. The van der Waals surface area contributed by atoms with Gasteiger partial charge < -0.3 is 21.9 Å². The molecule has 0 aromatic carbocycles. The molecule has 0 aromatic rings. The molecule has 1 radical (unpaired) electrons. The van der Waals surface area contributed by atoms with Crippen molar-refractivity contribution >= 4 is 0 Å². The summed E-state index contributed by atoms with van der Waals surface area (Å²) in [4.78, 5) is 0. The summed E-state index contributed by atoms with van der Waals surface area (Å²) in [6.07, 6.45) is 0. The second-order valence-corrected chi connectivity index (χ2v) is 0. The molecule has 0 aliphatic rings. The van der Waals surface area contributed by atoms with Crippen molar-refractivity contribution in [3.8, 4) is 0 Å². The van der Waals surface area contributed by atoms with Gasteiger partial charge in [0.2, 0.25) is 0 Å². The average Bonchev–Trinajstić information content (AvgIpc) is 0. The molecule has 0 fully saturated rings. The fraction of sp³-hybridized carbons (Fsp3) is 0. The van der Waals surface area contributed by atoms with Crippen molar-refractivity contribution in [1.82, 2.24) is 0 Å². The van der Waals surface area contributed by atoms with E-state index in [1.165, 1.54) is 0 Å². The van der Waals surface area contributed by atoms with E-state index in [2.05, 4.69) is 0 Å². The zero-order valence-electron chi connectivity index (χ0n) is 3.44. The first-order chi connectivity index (χ1) is 0. The molecule has 0 spiro atoms. The van der Waals surface area contributed by atoms with Gasteiger partial charge in [0.05, 0.1) is 0 Å². The van der Waals surface area contributed by atoms with Gasteiger partial charge in [0.25, 0.3) is 0 Å². The summed E-state index contributed by atoms with van der Waals surface area (Å²) >= 11 is 0. The third kappa shape index (κ3) is 103. The Bertz CT molecular complexity index is 11.2. The standard InChI is InChI=1S/3Fe.Mn.4H2O/h;;;;4*1H2. The van der Waals surface area contributed by atoms with E-state index in [0.29, 0.717) is 0 Å². The van der Waals surface area contributed by atoms with Crippen molar-refractivity contribution in [3.05, 3.63) is 0 Å². The van der Waals surface area contributed by atoms with E-state index in [1.54, 1.807) is 0 Å². The Kier molecular flexibility index (Phi) is 4070. The Hall–Kier alpha value is 1.92. The van der Waals surface area contributed by atoms with Crippen LogP contribution in [0.25, 0.3) is 0 Å². The summed E-state index contributed by atoms with van der Waals surface area (Å²) in [5.41, 5.74) is 0. The smallest absolute Gasteiger partial charge is 0 e. The van der Waals surface area contributed by atoms with Crippen LogP contribution >= 0.6 is 0 Å². The van der Waals surface area contributed by atoms with Crippen molar-refractivity contribution in [3.63, 3.8) is 0 Å². The summed E-state index contributed by atoms with van der Waals surface area (Å²) in [5.74, 6) is 0. The maximum atomic E-state index is 0. The van der Waals surface area contributed by atoms with E-state index in [4.69, 9.17) is 0 Å². The van der Waals surface area contributed by atoms with Crippen LogP contribution in [-0.4, -0.2) is 21.9 Å². The van der Waals surface area contributed by atoms with Crippen molar-refractivity contribution < 1.29 is 90.2 Å². The van der Waals surface area contributed by atoms with Gasteiger partial charge in [-0.3, -0.25) is 0 Å². The maximum absolute atomic E-state index is 0. The first-order valence-electron chi connectivity index (χ1n) is 0. The third-order valence-electron chi connectivity index (χ3n) is 0. The molecule has 63 valence electrons. The predicted molar refractivity (Wildman–Crippen MR) is 14.5 cm³/mol. The average molecular weight is 295 g/mol. The zero-order valence-corrected chi connectivity index (χ0v) is 7.93. The molecule has 0 aromatic heterocycles. The molecule has 0 rings (SSSR count). The summed E-state index contributed by atoms with van der Waals surface area (Å²) in [6.45, 7) is 0. The third-order valence-corrected chi connectivity index (χ3v) is 0. The molecule has 8 heavy (non-hydrogen) atoms. The van der Waals surface area contributed by atoms with Gasteiger partial charge in [0, 0.05) is 68.3 Å². The quantitative estimate of drug-likeness (QED) is 0.415. The minimum absolute atomic E-state index is 0. The van der Waals surface area contributed by atoms with E-state index in [1.807, 2.05) is 0 Å². The van der Waals surface area contributed by atoms with Crippen molar-refractivity contribution in [2.45, 2.75) is 0 Å². The minimum Gasteiger partial charge on any atom is -0.412 e. The Balaban J connectivity index is 0. The summed E-state index contributed by atoms with van der Waals surface area (Å²) in [7, 11) is 0. The molecule has 0 atom stereocenters. The molecular weight excluding hydrogens is 286 g/mol. The summed E-state index contributed by atoms with van der Waals surface area (Å²) in [6, 6.07) is 0. The normalized spacial score (nSPS) is 0. The van der Waals surface area contributed by atoms with Crippen LogP contribution in [0, 0.1) is 0 Å². The number of hydrogen-bond acceptors (Lipinski definition) is 0. The van der Waals surface area contributed by atoms with Gasteiger partial charge in [-0.25, -0.2) is 0 Å². The zero-order chi connectivity index (χ0) is 0. The Morgan fingerprint density at radius 1 is 0.375 bits per heavy atom. The van der Waals surface area contributed by atoms with Gasteiger partial charge in [0.15, 0.2) is 0 Å². The predicted octanol–water partition coefficient (Wildman–Crippen LogP) is -3.31. The molecule has 0 bridgehead atoms. The van der Waals surface area contributed by atoms with E-state index >= 15 is 0 Å². The van der Waals surface area contributed by atoms with Crippen molar-refractivity contribution in [2.75, 3.05) is 0 Å². The van der Waals surface area contributed by atoms with E-state index in [9.17, 15) is 0 Å². The van der Waals surface area contributed by atoms with Crippen molar-refractivity contribution in [2.24, 2.45) is 0 Å². The summed E-state index contributed by atoms with van der Waals surface area (Å²) in [5, 5.41) is 0. The fourth-order valence-electron chi connectivity index (χ4n) is 0. The molecule has 0 unspecified atom stereocenters. The maximum Gasteiger partial charge on any atom is 0 e.